The van der Waals surface area contributed by atoms with Crippen molar-refractivity contribution in [2.24, 2.45) is 5.92 Å². The average molecular weight is 195 g/mol. The third-order valence-electron chi connectivity index (χ3n) is 2.45. The molecule has 0 aromatic rings. The third-order valence-corrected chi connectivity index (χ3v) is 2.45. The van der Waals surface area contributed by atoms with Crippen molar-refractivity contribution in [3.63, 3.8) is 0 Å². The number of carbonyl (C=O) groups excluding carboxylic acids is 2. The Bertz CT molecular complexity index is 281. The number of carbonyl (C=O) groups is 2. The molecule has 1 unspecified atom stereocenters. The Labute approximate surface area is 84.8 Å². The molecular formula is C11H17NO2. The Balaban J connectivity index is 2.80. The van der Waals surface area contributed by atoms with Crippen LogP contribution >= 0.6 is 0 Å². The van der Waals surface area contributed by atoms with Gasteiger partial charge in [-0.1, -0.05) is 20.4 Å². The number of hydrogen-bond acceptors (Lipinski definition) is 2. The minimum absolute atomic E-state index is 0.0347. The first kappa shape index (κ1) is 11.0. The van der Waals surface area contributed by atoms with Crippen LogP contribution in [0.5, 0.6) is 0 Å². The Hall–Kier alpha value is -1.12. The van der Waals surface area contributed by atoms with E-state index in [0.717, 1.165) is 6.42 Å². The minimum Gasteiger partial charge on any atom is -0.276 e. The van der Waals surface area contributed by atoms with Crippen LogP contribution in [0.1, 0.15) is 33.6 Å². The monoisotopic (exact) mass is 195 g/mol. The molecule has 3 nitrogen and oxygen atoms in total. The smallest absolute Gasteiger partial charge is 0.256 e. The van der Waals surface area contributed by atoms with Crippen LogP contribution < -0.4 is 0 Å². The zero-order valence-corrected chi connectivity index (χ0v) is 9.04. The maximum absolute atomic E-state index is 11.5. The number of nitrogens with zero attached hydrogens (tertiary/aromatic N) is 1. The van der Waals surface area contributed by atoms with Crippen molar-refractivity contribution < 1.29 is 9.59 Å². The van der Waals surface area contributed by atoms with E-state index < -0.39 is 0 Å². The highest BCUT2D eigenvalue weighted by Crippen LogP contribution is 2.27. The standard InChI is InChI=1S/C11H17NO2/c1-7(2)5-10-6-8(3)11(14)12(10)9(4)13/h7,10H,3,5-6H2,1-2,4H3. The largest absolute Gasteiger partial charge is 0.276 e. The summed E-state index contributed by atoms with van der Waals surface area (Å²) in [7, 11) is 0. The van der Waals surface area contributed by atoms with Crippen molar-refractivity contribution in [1.29, 1.82) is 0 Å². The molecule has 0 bridgehead atoms. The lowest BCUT2D eigenvalue weighted by atomic mass is 10.0. The van der Waals surface area contributed by atoms with E-state index in [1.165, 1.54) is 11.8 Å². The van der Waals surface area contributed by atoms with Crippen molar-refractivity contribution in [1.82, 2.24) is 4.90 Å². The summed E-state index contributed by atoms with van der Waals surface area (Å²) in [5.74, 6) is 0.128. The normalized spacial score (nSPS) is 22.3. The van der Waals surface area contributed by atoms with E-state index in [2.05, 4.69) is 20.4 Å². The van der Waals surface area contributed by atoms with Crippen molar-refractivity contribution in [2.45, 2.75) is 39.7 Å². The highest BCUT2D eigenvalue weighted by molar-refractivity contribution is 6.05. The van der Waals surface area contributed by atoms with Gasteiger partial charge in [0.1, 0.15) is 0 Å². The molecule has 1 aliphatic rings. The fourth-order valence-corrected chi connectivity index (χ4v) is 1.93. The van der Waals surface area contributed by atoms with Gasteiger partial charge in [0.25, 0.3) is 5.91 Å². The predicted molar refractivity (Wildman–Crippen MR) is 54.5 cm³/mol. The molecule has 1 rings (SSSR count). The molecule has 78 valence electrons. The Morgan fingerprint density at radius 3 is 2.64 bits per heavy atom. The third kappa shape index (κ3) is 2.03. The van der Waals surface area contributed by atoms with Gasteiger partial charge in [-0.05, 0) is 18.8 Å². The maximum atomic E-state index is 11.5. The number of amides is 2. The van der Waals surface area contributed by atoms with Crippen LogP contribution in [0.4, 0.5) is 0 Å². The summed E-state index contributed by atoms with van der Waals surface area (Å²) in [5, 5.41) is 0. The molecule has 0 N–H and O–H groups in total. The number of rotatable bonds is 2. The molecule has 0 spiro atoms. The van der Waals surface area contributed by atoms with Gasteiger partial charge < -0.3 is 0 Å². The number of imide groups is 1. The van der Waals surface area contributed by atoms with Gasteiger partial charge in [0.05, 0.1) is 0 Å². The van der Waals surface area contributed by atoms with Crippen LogP contribution in [-0.4, -0.2) is 22.8 Å². The minimum atomic E-state index is -0.192. The summed E-state index contributed by atoms with van der Waals surface area (Å²) >= 11 is 0. The molecule has 2 amide bonds. The molecule has 0 aromatic carbocycles. The number of hydrogen-bond donors (Lipinski definition) is 0. The van der Waals surface area contributed by atoms with E-state index in [1.807, 2.05) is 0 Å². The molecule has 1 fully saturated rings. The van der Waals surface area contributed by atoms with E-state index in [0.29, 0.717) is 17.9 Å². The van der Waals surface area contributed by atoms with Crippen LogP contribution in [0.2, 0.25) is 0 Å². The molecule has 1 heterocycles. The first-order valence-corrected chi connectivity index (χ1v) is 4.95. The Kier molecular flexibility index (Phi) is 3.09. The van der Waals surface area contributed by atoms with E-state index in [-0.39, 0.29) is 17.9 Å². The Morgan fingerprint density at radius 2 is 2.21 bits per heavy atom. The van der Waals surface area contributed by atoms with E-state index in [1.54, 1.807) is 0 Å². The van der Waals surface area contributed by atoms with Gasteiger partial charge in [0, 0.05) is 18.5 Å². The molecule has 14 heavy (non-hydrogen) atoms. The highest BCUT2D eigenvalue weighted by atomic mass is 16.2. The highest BCUT2D eigenvalue weighted by Gasteiger charge is 2.36. The maximum Gasteiger partial charge on any atom is 0.256 e. The summed E-state index contributed by atoms with van der Waals surface area (Å²) in [6.45, 7) is 9.29. The van der Waals surface area contributed by atoms with Crippen molar-refractivity contribution in [2.75, 3.05) is 0 Å². The van der Waals surface area contributed by atoms with Crippen molar-refractivity contribution in [3.05, 3.63) is 12.2 Å². The van der Waals surface area contributed by atoms with Gasteiger partial charge >= 0.3 is 0 Å². The second-order valence-electron chi connectivity index (χ2n) is 4.29. The topological polar surface area (TPSA) is 37.4 Å². The van der Waals surface area contributed by atoms with Gasteiger partial charge in [-0.15, -0.1) is 0 Å². The molecule has 0 saturated carbocycles. The second kappa shape index (κ2) is 3.95. The second-order valence-corrected chi connectivity index (χ2v) is 4.29. The van der Waals surface area contributed by atoms with Crippen LogP contribution in [0, 0.1) is 5.92 Å². The number of likely N-dealkylation sites (tertiary alicyclic amines) is 1. The average Bonchev–Trinajstić information content (AvgIpc) is 2.26. The molecule has 1 aliphatic heterocycles. The summed E-state index contributed by atoms with van der Waals surface area (Å²) in [4.78, 5) is 24.2. The first-order valence-electron chi connectivity index (χ1n) is 4.95. The van der Waals surface area contributed by atoms with Crippen molar-refractivity contribution >= 4 is 11.8 Å². The molecule has 3 heteroatoms. The molecule has 1 saturated heterocycles. The predicted octanol–water partition coefficient (Wildman–Crippen LogP) is 1.74. The summed E-state index contributed by atoms with van der Waals surface area (Å²) in [6.07, 6.45) is 1.50. The zero-order chi connectivity index (χ0) is 10.9. The van der Waals surface area contributed by atoms with Gasteiger partial charge in [-0.25, -0.2) is 0 Å². The Morgan fingerprint density at radius 1 is 1.64 bits per heavy atom. The molecular weight excluding hydrogens is 178 g/mol. The molecule has 0 radical (unpaired) electrons. The zero-order valence-electron chi connectivity index (χ0n) is 9.04. The lowest BCUT2D eigenvalue weighted by Crippen LogP contribution is -2.37. The molecule has 0 aromatic heterocycles. The van der Waals surface area contributed by atoms with Crippen LogP contribution in [0.25, 0.3) is 0 Å². The first-order chi connectivity index (χ1) is 6.43. The van der Waals surface area contributed by atoms with Gasteiger partial charge in [-0.2, -0.15) is 0 Å². The summed E-state index contributed by atoms with van der Waals surface area (Å²) < 4.78 is 0. The van der Waals surface area contributed by atoms with Gasteiger partial charge in [0.2, 0.25) is 5.91 Å². The van der Waals surface area contributed by atoms with Crippen LogP contribution in [0.15, 0.2) is 12.2 Å². The lowest BCUT2D eigenvalue weighted by molar-refractivity contribution is -0.141. The fourth-order valence-electron chi connectivity index (χ4n) is 1.93. The van der Waals surface area contributed by atoms with Gasteiger partial charge in [0.15, 0.2) is 0 Å². The lowest BCUT2D eigenvalue weighted by Gasteiger charge is -2.22. The van der Waals surface area contributed by atoms with Gasteiger partial charge in [-0.3, -0.25) is 14.5 Å². The quantitative estimate of drug-likeness (QED) is 0.629. The van der Waals surface area contributed by atoms with E-state index in [9.17, 15) is 9.59 Å². The van der Waals surface area contributed by atoms with Crippen LogP contribution in [0.3, 0.4) is 0 Å². The fraction of sp³-hybridized carbons (Fsp3) is 0.636. The molecule has 0 aliphatic carbocycles. The van der Waals surface area contributed by atoms with E-state index in [4.69, 9.17) is 0 Å². The van der Waals surface area contributed by atoms with Crippen LogP contribution in [-0.2, 0) is 9.59 Å². The SMILES string of the molecule is C=C1CC(CC(C)C)N(C(C)=O)C1=O. The summed E-state index contributed by atoms with van der Waals surface area (Å²) in [5.41, 5.74) is 0.561. The van der Waals surface area contributed by atoms with Crippen molar-refractivity contribution in [3.8, 4) is 0 Å². The summed E-state index contributed by atoms with van der Waals surface area (Å²) in [6, 6.07) is 0.0347. The van der Waals surface area contributed by atoms with E-state index >= 15 is 0 Å². The molecule has 1 atom stereocenters.